The Labute approximate surface area is 69.6 Å². The van der Waals surface area contributed by atoms with Crippen molar-refractivity contribution < 1.29 is 0 Å². The van der Waals surface area contributed by atoms with E-state index in [1.165, 1.54) is 5.56 Å². The Morgan fingerprint density at radius 3 is 2.92 bits per heavy atom. The zero-order valence-corrected chi connectivity index (χ0v) is 6.57. The summed E-state index contributed by atoms with van der Waals surface area (Å²) in [5.74, 6) is 0.648. The molecule has 1 heterocycles. The van der Waals surface area contributed by atoms with Crippen molar-refractivity contribution in [2.45, 2.75) is 6.92 Å². The normalized spacial score (nSPS) is 10.1. The minimum Gasteiger partial charge on any atom is -0.239 e. The molecule has 0 aliphatic heterocycles. The van der Waals surface area contributed by atoms with Crippen LogP contribution in [-0.2, 0) is 0 Å². The van der Waals surface area contributed by atoms with Gasteiger partial charge >= 0.3 is 0 Å². The lowest BCUT2D eigenvalue weighted by Gasteiger charge is -1.93. The van der Waals surface area contributed by atoms with E-state index in [2.05, 4.69) is 26.7 Å². The number of aromatic nitrogens is 4. The first-order valence-corrected chi connectivity index (χ1v) is 3.59. The Kier molecular flexibility index (Phi) is 1.59. The topological polar surface area (TPSA) is 54.5 Å². The molecule has 2 aromatic rings. The maximum absolute atomic E-state index is 3.77. The summed E-state index contributed by atoms with van der Waals surface area (Å²) >= 11 is 0. The third-order valence-electron chi connectivity index (χ3n) is 1.57. The maximum atomic E-state index is 3.77. The molecule has 0 amide bonds. The molecule has 59 valence electrons. The smallest absolute Gasteiger partial charge is 0.180 e. The van der Waals surface area contributed by atoms with E-state index in [4.69, 9.17) is 0 Å². The van der Waals surface area contributed by atoms with Crippen LogP contribution in [0.1, 0.15) is 5.56 Å². The minimum atomic E-state index is 0.648. The quantitative estimate of drug-likeness (QED) is 0.674. The SMILES string of the molecule is Cc1c[c]c(-c2nnn[nH]2)cc1. The van der Waals surface area contributed by atoms with Crippen LogP contribution >= 0.6 is 0 Å². The fraction of sp³-hybridized carbons (Fsp3) is 0.125. The first kappa shape index (κ1) is 6.97. The Morgan fingerprint density at radius 1 is 1.42 bits per heavy atom. The van der Waals surface area contributed by atoms with Crippen molar-refractivity contribution in [1.82, 2.24) is 20.6 Å². The van der Waals surface area contributed by atoms with Crippen LogP contribution in [0.15, 0.2) is 18.2 Å². The second-order valence-corrected chi connectivity index (χ2v) is 2.53. The Balaban J connectivity index is 2.43. The van der Waals surface area contributed by atoms with Gasteiger partial charge in [-0.25, -0.2) is 5.10 Å². The molecule has 0 fully saturated rings. The molecule has 0 aliphatic carbocycles. The van der Waals surface area contributed by atoms with Crippen molar-refractivity contribution in [3.63, 3.8) is 0 Å². The predicted molar refractivity (Wildman–Crippen MR) is 43.2 cm³/mol. The van der Waals surface area contributed by atoms with Crippen molar-refractivity contribution >= 4 is 0 Å². The molecule has 1 N–H and O–H groups in total. The van der Waals surface area contributed by atoms with E-state index in [0.29, 0.717) is 5.82 Å². The minimum absolute atomic E-state index is 0.648. The summed E-state index contributed by atoms with van der Waals surface area (Å²) in [7, 11) is 0. The molecule has 1 aromatic carbocycles. The summed E-state index contributed by atoms with van der Waals surface area (Å²) in [5.41, 5.74) is 2.05. The standard InChI is InChI=1S/C8H7N4/c1-6-2-4-7(5-3-6)8-9-11-12-10-8/h2-4H,1H3,(H,9,10,11,12). The summed E-state index contributed by atoms with van der Waals surface area (Å²) in [6.07, 6.45) is 0. The van der Waals surface area contributed by atoms with Gasteiger partial charge in [0.25, 0.3) is 0 Å². The number of nitrogens with one attached hydrogen (secondary N) is 1. The first-order valence-electron chi connectivity index (χ1n) is 3.59. The van der Waals surface area contributed by atoms with Gasteiger partial charge in [0, 0.05) is 5.56 Å². The van der Waals surface area contributed by atoms with Crippen molar-refractivity contribution in [1.29, 1.82) is 0 Å². The number of hydrogen-bond acceptors (Lipinski definition) is 3. The Hall–Kier alpha value is -1.71. The van der Waals surface area contributed by atoms with Crippen molar-refractivity contribution in [2.24, 2.45) is 0 Å². The molecule has 1 radical (unpaired) electrons. The number of benzene rings is 1. The number of aromatic amines is 1. The van der Waals surface area contributed by atoms with Crippen LogP contribution in [0.5, 0.6) is 0 Å². The van der Waals surface area contributed by atoms with Gasteiger partial charge in [-0.15, -0.1) is 5.10 Å². The highest BCUT2D eigenvalue weighted by Crippen LogP contribution is 2.11. The molecule has 0 saturated carbocycles. The zero-order valence-electron chi connectivity index (χ0n) is 6.57. The lowest BCUT2D eigenvalue weighted by atomic mass is 10.1. The van der Waals surface area contributed by atoms with Gasteiger partial charge in [-0.1, -0.05) is 23.8 Å². The Morgan fingerprint density at radius 2 is 2.33 bits per heavy atom. The molecular formula is C8H7N4. The molecule has 0 spiro atoms. The molecule has 4 nitrogen and oxygen atoms in total. The van der Waals surface area contributed by atoms with E-state index in [0.717, 1.165) is 5.56 Å². The van der Waals surface area contributed by atoms with Crippen molar-refractivity contribution in [3.8, 4) is 11.4 Å². The molecule has 4 heteroatoms. The van der Waals surface area contributed by atoms with Gasteiger partial charge in [0.05, 0.1) is 0 Å². The summed E-state index contributed by atoms with van der Waals surface area (Å²) in [6, 6.07) is 8.89. The summed E-state index contributed by atoms with van der Waals surface area (Å²) < 4.78 is 0. The third-order valence-corrected chi connectivity index (χ3v) is 1.57. The molecule has 0 atom stereocenters. The predicted octanol–water partition coefficient (Wildman–Crippen LogP) is 0.975. The summed E-state index contributed by atoms with van der Waals surface area (Å²) in [5, 5.41) is 13.4. The highest BCUT2D eigenvalue weighted by Gasteiger charge is 1.99. The van der Waals surface area contributed by atoms with Gasteiger partial charge in [-0.05, 0) is 23.4 Å². The van der Waals surface area contributed by atoms with Crippen LogP contribution in [0.3, 0.4) is 0 Å². The maximum Gasteiger partial charge on any atom is 0.180 e. The number of tetrazole rings is 1. The highest BCUT2D eigenvalue weighted by atomic mass is 15.5. The second kappa shape index (κ2) is 2.73. The molecule has 0 saturated heterocycles. The number of hydrogen-bond donors (Lipinski definition) is 1. The van der Waals surface area contributed by atoms with E-state index in [1.54, 1.807) is 0 Å². The summed E-state index contributed by atoms with van der Waals surface area (Å²) in [4.78, 5) is 0. The molecule has 0 bridgehead atoms. The van der Waals surface area contributed by atoms with Crippen LogP contribution < -0.4 is 0 Å². The molecule has 1 aromatic heterocycles. The van der Waals surface area contributed by atoms with E-state index in [9.17, 15) is 0 Å². The van der Waals surface area contributed by atoms with Gasteiger partial charge in [0.2, 0.25) is 0 Å². The fourth-order valence-electron chi connectivity index (χ4n) is 0.923. The molecule has 0 aliphatic rings. The van der Waals surface area contributed by atoms with Crippen LogP contribution in [0.4, 0.5) is 0 Å². The van der Waals surface area contributed by atoms with E-state index >= 15 is 0 Å². The van der Waals surface area contributed by atoms with Gasteiger partial charge in [-0.3, -0.25) is 0 Å². The number of rotatable bonds is 1. The summed E-state index contributed by atoms with van der Waals surface area (Å²) in [6.45, 7) is 2.01. The van der Waals surface area contributed by atoms with Gasteiger partial charge < -0.3 is 0 Å². The van der Waals surface area contributed by atoms with Crippen LogP contribution in [-0.4, -0.2) is 20.6 Å². The molecular weight excluding hydrogens is 152 g/mol. The number of H-pyrrole nitrogens is 1. The number of aryl methyl sites for hydroxylation is 1. The van der Waals surface area contributed by atoms with Gasteiger partial charge in [0.1, 0.15) is 0 Å². The zero-order chi connectivity index (χ0) is 8.39. The average molecular weight is 159 g/mol. The monoisotopic (exact) mass is 159 g/mol. The lowest BCUT2D eigenvalue weighted by molar-refractivity contribution is 0.881. The van der Waals surface area contributed by atoms with Gasteiger partial charge in [0.15, 0.2) is 5.82 Å². The fourth-order valence-corrected chi connectivity index (χ4v) is 0.923. The van der Waals surface area contributed by atoms with Crippen molar-refractivity contribution in [2.75, 3.05) is 0 Å². The van der Waals surface area contributed by atoms with Gasteiger partial charge in [-0.2, -0.15) is 0 Å². The van der Waals surface area contributed by atoms with E-state index in [-0.39, 0.29) is 0 Å². The molecule has 2 rings (SSSR count). The average Bonchev–Trinajstić information content (AvgIpc) is 2.58. The van der Waals surface area contributed by atoms with Crippen LogP contribution in [0.25, 0.3) is 11.4 Å². The highest BCUT2D eigenvalue weighted by molar-refractivity contribution is 5.52. The van der Waals surface area contributed by atoms with Crippen molar-refractivity contribution in [3.05, 3.63) is 29.8 Å². The first-order chi connectivity index (χ1) is 5.86. The molecule has 12 heavy (non-hydrogen) atoms. The van der Waals surface area contributed by atoms with Crippen LogP contribution in [0.2, 0.25) is 0 Å². The lowest BCUT2D eigenvalue weighted by Crippen LogP contribution is -1.81. The molecule has 0 unspecified atom stereocenters. The largest absolute Gasteiger partial charge is 0.239 e. The Bertz CT molecular complexity index is 349. The van der Waals surface area contributed by atoms with E-state index < -0.39 is 0 Å². The second-order valence-electron chi connectivity index (χ2n) is 2.53. The van der Waals surface area contributed by atoms with Crippen LogP contribution in [0, 0.1) is 13.0 Å². The third kappa shape index (κ3) is 1.18. The number of nitrogens with zero attached hydrogens (tertiary/aromatic N) is 3. The van der Waals surface area contributed by atoms with E-state index in [1.807, 2.05) is 25.1 Å².